The van der Waals surface area contributed by atoms with Crippen molar-refractivity contribution < 1.29 is 19.0 Å². The lowest BCUT2D eigenvalue weighted by molar-refractivity contribution is -0.143. The summed E-state index contributed by atoms with van der Waals surface area (Å²) in [5.74, 6) is -0.265. The quantitative estimate of drug-likeness (QED) is 0.546. The Kier molecular flexibility index (Phi) is 5.82. The zero-order chi connectivity index (χ0) is 15.2. The SMILES string of the molecule is CCOC(=O)c1cc2c(n1CC(OCC)OCC)CCC2. The number of ether oxygens (including phenoxy) is 3. The molecule has 1 aliphatic carbocycles. The Morgan fingerprint density at radius 2 is 1.90 bits per heavy atom. The molecule has 118 valence electrons. The van der Waals surface area contributed by atoms with Crippen molar-refractivity contribution >= 4 is 5.97 Å². The van der Waals surface area contributed by atoms with Gasteiger partial charge in [-0.2, -0.15) is 0 Å². The van der Waals surface area contributed by atoms with Gasteiger partial charge in [-0.1, -0.05) is 0 Å². The van der Waals surface area contributed by atoms with Crippen molar-refractivity contribution in [2.75, 3.05) is 19.8 Å². The number of carbonyl (C=O) groups is 1. The highest BCUT2D eigenvalue weighted by Crippen LogP contribution is 2.27. The summed E-state index contributed by atoms with van der Waals surface area (Å²) in [5.41, 5.74) is 3.10. The molecule has 0 fully saturated rings. The molecule has 5 nitrogen and oxygen atoms in total. The molecule has 0 bridgehead atoms. The van der Waals surface area contributed by atoms with Crippen molar-refractivity contribution in [3.8, 4) is 0 Å². The minimum atomic E-state index is -0.328. The number of rotatable bonds is 8. The maximum Gasteiger partial charge on any atom is 0.354 e. The normalized spacial score (nSPS) is 13.7. The largest absolute Gasteiger partial charge is 0.461 e. The van der Waals surface area contributed by atoms with Crippen molar-refractivity contribution in [3.05, 3.63) is 23.0 Å². The number of aryl methyl sites for hydroxylation is 1. The van der Waals surface area contributed by atoms with Crippen LogP contribution in [0.5, 0.6) is 0 Å². The van der Waals surface area contributed by atoms with Gasteiger partial charge in [0.05, 0.1) is 13.2 Å². The van der Waals surface area contributed by atoms with Gasteiger partial charge >= 0.3 is 5.97 Å². The maximum atomic E-state index is 12.1. The molecule has 0 aliphatic heterocycles. The van der Waals surface area contributed by atoms with Crippen molar-refractivity contribution in [2.24, 2.45) is 0 Å². The molecule has 0 radical (unpaired) electrons. The lowest BCUT2D eigenvalue weighted by atomic mass is 10.2. The Bertz CT molecular complexity index is 475. The molecule has 0 aromatic carbocycles. The fourth-order valence-corrected chi connectivity index (χ4v) is 2.86. The van der Waals surface area contributed by atoms with Crippen LogP contribution < -0.4 is 0 Å². The molecule has 0 saturated heterocycles. The number of aromatic nitrogens is 1. The first-order valence-electron chi connectivity index (χ1n) is 7.82. The molecule has 0 saturated carbocycles. The summed E-state index contributed by atoms with van der Waals surface area (Å²) in [4.78, 5) is 12.1. The number of fused-ring (bicyclic) bond motifs is 1. The standard InChI is InChI=1S/C16H25NO4/c1-4-19-15(20-5-2)11-17-13-9-7-8-12(13)10-14(17)16(18)21-6-3/h10,15H,4-9,11H2,1-3H3. The van der Waals surface area contributed by atoms with E-state index in [1.165, 1.54) is 11.3 Å². The third-order valence-electron chi connectivity index (χ3n) is 3.68. The first-order valence-corrected chi connectivity index (χ1v) is 7.82. The first-order chi connectivity index (χ1) is 10.2. The smallest absolute Gasteiger partial charge is 0.354 e. The summed E-state index contributed by atoms with van der Waals surface area (Å²) < 4.78 is 18.4. The Hall–Kier alpha value is -1.33. The van der Waals surface area contributed by atoms with Crippen LogP contribution >= 0.6 is 0 Å². The van der Waals surface area contributed by atoms with E-state index in [4.69, 9.17) is 14.2 Å². The molecule has 0 N–H and O–H groups in total. The van der Waals surface area contributed by atoms with Crippen LogP contribution in [0.15, 0.2) is 6.07 Å². The fraction of sp³-hybridized carbons (Fsp3) is 0.688. The van der Waals surface area contributed by atoms with Crippen LogP contribution in [0.25, 0.3) is 0 Å². The van der Waals surface area contributed by atoms with Gasteiger partial charge in [0.1, 0.15) is 5.69 Å². The van der Waals surface area contributed by atoms with Crippen LogP contribution in [0, 0.1) is 0 Å². The molecular formula is C16H25NO4. The van der Waals surface area contributed by atoms with E-state index in [1.807, 2.05) is 31.4 Å². The number of carbonyl (C=O) groups excluding carboxylic acids is 1. The van der Waals surface area contributed by atoms with E-state index in [0.29, 0.717) is 32.1 Å². The molecule has 0 unspecified atom stereocenters. The lowest BCUT2D eigenvalue weighted by Gasteiger charge is -2.20. The molecule has 1 aromatic heterocycles. The van der Waals surface area contributed by atoms with Crippen molar-refractivity contribution in [1.82, 2.24) is 4.57 Å². The second kappa shape index (κ2) is 7.61. The summed E-state index contributed by atoms with van der Waals surface area (Å²) in [5, 5.41) is 0. The fourth-order valence-electron chi connectivity index (χ4n) is 2.86. The Morgan fingerprint density at radius 1 is 1.19 bits per heavy atom. The van der Waals surface area contributed by atoms with E-state index >= 15 is 0 Å². The lowest BCUT2D eigenvalue weighted by Crippen LogP contribution is -2.26. The van der Waals surface area contributed by atoms with E-state index in [1.54, 1.807) is 0 Å². The third-order valence-corrected chi connectivity index (χ3v) is 3.68. The van der Waals surface area contributed by atoms with Gasteiger partial charge in [-0.3, -0.25) is 0 Å². The summed E-state index contributed by atoms with van der Waals surface area (Å²) in [7, 11) is 0. The molecule has 0 spiro atoms. The summed E-state index contributed by atoms with van der Waals surface area (Å²) in [6.45, 7) is 7.80. The molecule has 1 aliphatic rings. The maximum absolute atomic E-state index is 12.1. The minimum absolute atomic E-state index is 0.265. The van der Waals surface area contributed by atoms with Crippen LogP contribution in [-0.2, 0) is 33.6 Å². The monoisotopic (exact) mass is 295 g/mol. The van der Waals surface area contributed by atoms with Gasteiger partial charge in [0.15, 0.2) is 6.29 Å². The predicted molar refractivity (Wildman–Crippen MR) is 79.5 cm³/mol. The number of esters is 1. The highest BCUT2D eigenvalue weighted by Gasteiger charge is 2.25. The summed E-state index contributed by atoms with van der Waals surface area (Å²) >= 11 is 0. The van der Waals surface area contributed by atoms with E-state index in [2.05, 4.69) is 0 Å². The van der Waals surface area contributed by atoms with E-state index in [0.717, 1.165) is 19.3 Å². The van der Waals surface area contributed by atoms with Crippen LogP contribution in [0.1, 0.15) is 48.9 Å². The van der Waals surface area contributed by atoms with Gasteiger partial charge in [0, 0.05) is 18.9 Å². The second-order valence-corrected chi connectivity index (χ2v) is 5.03. The van der Waals surface area contributed by atoms with Crippen molar-refractivity contribution in [3.63, 3.8) is 0 Å². The molecule has 2 rings (SSSR count). The van der Waals surface area contributed by atoms with E-state index < -0.39 is 0 Å². The highest BCUT2D eigenvalue weighted by atomic mass is 16.7. The highest BCUT2D eigenvalue weighted by molar-refractivity contribution is 5.88. The third kappa shape index (κ3) is 3.66. The number of hydrogen-bond acceptors (Lipinski definition) is 4. The van der Waals surface area contributed by atoms with Crippen LogP contribution in [0.3, 0.4) is 0 Å². The Balaban J connectivity index is 2.25. The molecule has 1 heterocycles. The van der Waals surface area contributed by atoms with Gasteiger partial charge in [-0.15, -0.1) is 0 Å². The summed E-state index contributed by atoms with van der Waals surface area (Å²) in [6, 6.07) is 1.97. The average molecular weight is 295 g/mol. The van der Waals surface area contributed by atoms with E-state index in [9.17, 15) is 4.79 Å². The molecular weight excluding hydrogens is 270 g/mol. The molecule has 21 heavy (non-hydrogen) atoms. The van der Waals surface area contributed by atoms with Crippen molar-refractivity contribution in [2.45, 2.75) is 52.9 Å². The van der Waals surface area contributed by atoms with E-state index in [-0.39, 0.29) is 12.3 Å². The Morgan fingerprint density at radius 3 is 2.52 bits per heavy atom. The van der Waals surface area contributed by atoms with Crippen LogP contribution in [0.4, 0.5) is 0 Å². The first kappa shape index (κ1) is 16.0. The van der Waals surface area contributed by atoms with Gasteiger partial charge in [-0.05, 0) is 51.7 Å². The molecule has 5 heteroatoms. The van der Waals surface area contributed by atoms with Gasteiger partial charge in [0.25, 0.3) is 0 Å². The van der Waals surface area contributed by atoms with Gasteiger partial charge in [0.2, 0.25) is 0 Å². The topological polar surface area (TPSA) is 49.7 Å². The molecule has 0 amide bonds. The number of nitrogens with zero attached hydrogens (tertiary/aromatic N) is 1. The van der Waals surface area contributed by atoms with Crippen molar-refractivity contribution in [1.29, 1.82) is 0 Å². The van der Waals surface area contributed by atoms with Crippen LogP contribution in [0.2, 0.25) is 0 Å². The number of hydrogen-bond donors (Lipinski definition) is 0. The van der Waals surface area contributed by atoms with Crippen LogP contribution in [-0.4, -0.2) is 36.6 Å². The predicted octanol–water partition coefficient (Wildman–Crippen LogP) is 2.55. The zero-order valence-corrected chi connectivity index (χ0v) is 13.2. The molecule has 0 atom stereocenters. The van der Waals surface area contributed by atoms with Gasteiger partial charge in [-0.25, -0.2) is 4.79 Å². The van der Waals surface area contributed by atoms with Gasteiger partial charge < -0.3 is 18.8 Å². The zero-order valence-electron chi connectivity index (χ0n) is 13.2. The Labute approximate surface area is 126 Å². The second-order valence-electron chi connectivity index (χ2n) is 5.03. The summed E-state index contributed by atoms with van der Waals surface area (Å²) in [6.07, 6.45) is 2.84. The minimum Gasteiger partial charge on any atom is -0.461 e. The molecule has 1 aromatic rings. The average Bonchev–Trinajstić information content (AvgIpc) is 3.02.